The van der Waals surface area contributed by atoms with Crippen molar-refractivity contribution in [2.75, 3.05) is 5.73 Å². The lowest BCUT2D eigenvalue weighted by Gasteiger charge is -2.07. The second-order valence-corrected chi connectivity index (χ2v) is 5.76. The maximum Gasteiger partial charge on any atom is 0.127 e. The van der Waals surface area contributed by atoms with Gasteiger partial charge < -0.3 is 5.73 Å². The molecule has 2 aromatic carbocycles. The van der Waals surface area contributed by atoms with Crippen molar-refractivity contribution in [2.45, 2.75) is 10.6 Å². The number of nitrogens with two attached hydrogens (primary N) is 1. The number of hydrogen-bond donors (Lipinski definition) is 1. The lowest BCUT2D eigenvalue weighted by Crippen LogP contribution is -2.03. The van der Waals surface area contributed by atoms with Crippen LogP contribution in [0.1, 0.15) is 5.56 Å². The van der Waals surface area contributed by atoms with Gasteiger partial charge in [0.1, 0.15) is 11.6 Å². The number of halogens is 3. The maximum atomic E-state index is 13.5. The molecule has 2 nitrogen and oxygen atoms in total. The van der Waals surface area contributed by atoms with E-state index in [2.05, 4.69) is 0 Å². The second kappa shape index (κ2) is 5.67. The van der Waals surface area contributed by atoms with Crippen LogP contribution in [-0.2, 0) is 16.6 Å². The molecule has 0 aromatic heterocycles. The van der Waals surface area contributed by atoms with Crippen LogP contribution in [0.25, 0.3) is 0 Å². The van der Waals surface area contributed by atoms with Gasteiger partial charge in [-0.2, -0.15) is 0 Å². The largest absolute Gasteiger partial charge is 0.398 e. The summed E-state index contributed by atoms with van der Waals surface area (Å²) < 4.78 is 38.5. The van der Waals surface area contributed by atoms with Crippen LogP contribution in [0.5, 0.6) is 0 Å². The van der Waals surface area contributed by atoms with Crippen LogP contribution in [0.15, 0.2) is 41.3 Å². The molecule has 0 amide bonds. The van der Waals surface area contributed by atoms with E-state index in [1.165, 1.54) is 24.3 Å². The SMILES string of the molecule is Nc1cc(F)ccc1S(=O)Cc1cc(Cl)ccc1F. The fourth-order valence-corrected chi connectivity index (χ4v) is 3.00. The number of rotatable bonds is 3. The molecular weight excluding hydrogens is 292 g/mol. The van der Waals surface area contributed by atoms with E-state index in [0.29, 0.717) is 5.02 Å². The number of benzene rings is 2. The minimum atomic E-state index is -1.56. The third-order valence-corrected chi connectivity index (χ3v) is 4.18. The van der Waals surface area contributed by atoms with Crippen LogP contribution in [0, 0.1) is 11.6 Å². The summed E-state index contributed by atoms with van der Waals surface area (Å²) >= 11 is 5.76. The standard InChI is InChI=1S/C13H10ClF2NOS/c14-9-1-3-11(16)8(5-9)7-19(18)13-4-2-10(15)6-12(13)17/h1-6H,7,17H2. The molecular formula is C13H10ClF2NOS. The van der Waals surface area contributed by atoms with Crippen molar-refractivity contribution in [3.8, 4) is 0 Å². The van der Waals surface area contributed by atoms with E-state index in [1.54, 1.807) is 0 Å². The van der Waals surface area contributed by atoms with Crippen molar-refractivity contribution < 1.29 is 13.0 Å². The highest BCUT2D eigenvalue weighted by Crippen LogP contribution is 2.22. The summed E-state index contributed by atoms with van der Waals surface area (Å²) in [6.07, 6.45) is 0. The Morgan fingerprint density at radius 3 is 2.58 bits per heavy atom. The third kappa shape index (κ3) is 3.30. The van der Waals surface area contributed by atoms with Crippen LogP contribution in [0.3, 0.4) is 0 Å². The lowest BCUT2D eigenvalue weighted by molar-refractivity contribution is 0.615. The Bertz CT molecular complexity index is 649. The smallest absolute Gasteiger partial charge is 0.127 e. The van der Waals surface area contributed by atoms with E-state index in [4.69, 9.17) is 17.3 Å². The minimum Gasteiger partial charge on any atom is -0.398 e. The van der Waals surface area contributed by atoms with Crippen LogP contribution < -0.4 is 5.73 Å². The Morgan fingerprint density at radius 1 is 1.16 bits per heavy atom. The highest BCUT2D eigenvalue weighted by Gasteiger charge is 2.12. The topological polar surface area (TPSA) is 43.1 Å². The average Bonchev–Trinajstić information content (AvgIpc) is 2.33. The summed E-state index contributed by atoms with van der Waals surface area (Å²) in [6.45, 7) is 0. The molecule has 0 spiro atoms. The first-order valence-corrected chi connectivity index (χ1v) is 7.04. The van der Waals surface area contributed by atoms with Gasteiger partial charge in [0.2, 0.25) is 0 Å². The zero-order valence-corrected chi connectivity index (χ0v) is 11.3. The van der Waals surface area contributed by atoms with Gasteiger partial charge in [-0.25, -0.2) is 8.78 Å². The van der Waals surface area contributed by atoms with Gasteiger partial charge >= 0.3 is 0 Å². The Balaban J connectivity index is 2.28. The van der Waals surface area contributed by atoms with Crippen molar-refractivity contribution in [1.82, 2.24) is 0 Å². The molecule has 0 radical (unpaired) electrons. The molecule has 2 rings (SSSR count). The monoisotopic (exact) mass is 301 g/mol. The quantitative estimate of drug-likeness (QED) is 0.882. The Kier molecular flexibility index (Phi) is 4.17. The molecule has 0 fully saturated rings. The van der Waals surface area contributed by atoms with Crippen LogP contribution in [0.2, 0.25) is 5.02 Å². The fourth-order valence-electron chi connectivity index (χ4n) is 1.60. The first-order valence-electron chi connectivity index (χ1n) is 5.34. The van der Waals surface area contributed by atoms with Crippen molar-refractivity contribution in [2.24, 2.45) is 0 Å². The maximum absolute atomic E-state index is 13.5. The molecule has 0 saturated heterocycles. The molecule has 0 saturated carbocycles. The normalized spacial score (nSPS) is 12.4. The van der Waals surface area contributed by atoms with E-state index in [0.717, 1.165) is 12.1 Å². The van der Waals surface area contributed by atoms with Crippen LogP contribution in [0.4, 0.5) is 14.5 Å². The second-order valence-electron chi connectivity index (χ2n) is 3.91. The summed E-state index contributed by atoms with van der Waals surface area (Å²) in [7, 11) is -1.56. The summed E-state index contributed by atoms with van der Waals surface area (Å²) in [4.78, 5) is 0.278. The van der Waals surface area contributed by atoms with Crippen molar-refractivity contribution in [3.05, 3.63) is 58.6 Å². The molecule has 1 unspecified atom stereocenters. The van der Waals surface area contributed by atoms with Gasteiger partial charge in [0.25, 0.3) is 0 Å². The van der Waals surface area contributed by atoms with Crippen LogP contribution in [-0.4, -0.2) is 4.21 Å². The number of anilines is 1. The van der Waals surface area contributed by atoms with Gasteiger partial charge in [-0.15, -0.1) is 0 Å². The molecule has 2 aromatic rings. The zero-order valence-electron chi connectivity index (χ0n) is 9.70. The van der Waals surface area contributed by atoms with Crippen LogP contribution >= 0.6 is 11.6 Å². The average molecular weight is 302 g/mol. The van der Waals surface area contributed by atoms with Crippen molar-refractivity contribution in [1.29, 1.82) is 0 Å². The predicted octanol–water partition coefficient (Wildman–Crippen LogP) is 3.51. The molecule has 0 bridgehead atoms. The molecule has 6 heteroatoms. The summed E-state index contributed by atoms with van der Waals surface area (Å²) in [6, 6.07) is 7.62. The van der Waals surface area contributed by atoms with Gasteiger partial charge in [-0.05, 0) is 36.4 Å². The predicted molar refractivity (Wildman–Crippen MR) is 72.3 cm³/mol. The van der Waals surface area contributed by atoms with Gasteiger partial charge in [-0.1, -0.05) is 11.6 Å². The van der Waals surface area contributed by atoms with Gasteiger partial charge in [0.05, 0.1) is 27.1 Å². The molecule has 1 atom stereocenters. The van der Waals surface area contributed by atoms with Gasteiger partial charge in [0.15, 0.2) is 0 Å². The zero-order chi connectivity index (χ0) is 14.0. The number of nitrogen functional groups attached to an aromatic ring is 1. The molecule has 0 aliphatic heterocycles. The Morgan fingerprint density at radius 2 is 1.89 bits per heavy atom. The molecule has 19 heavy (non-hydrogen) atoms. The van der Waals surface area contributed by atoms with Crippen molar-refractivity contribution >= 4 is 28.1 Å². The highest BCUT2D eigenvalue weighted by atomic mass is 35.5. The number of hydrogen-bond acceptors (Lipinski definition) is 2. The molecule has 0 aliphatic carbocycles. The Labute approximate surface area is 116 Å². The fraction of sp³-hybridized carbons (Fsp3) is 0.0769. The van der Waals surface area contributed by atoms with Gasteiger partial charge in [0, 0.05) is 10.6 Å². The first-order chi connectivity index (χ1) is 8.97. The molecule has 0 heterocycles. The van der Waals surface area contributed by atoms with E-state index in [-0.39, 0.29) is 21.9 Å². The van der Waals surface area contributed by atoms with E-state index in [9.17, 15) is 13.0 Å². The first kappa shape index (κ1) is 14.0. The van der Waals surface area contributed by atoms with E-state index in [1.807, 2.05) is 0 Å². The third-order valence-electron chi connectivity index (χ3n) is 2.51. The van der Waals surface area contributed by atoms with Crippen molar-refractivity contribution in [3.63, 3.8) is 0 Å². The molecule has 0 aliphatic rings. The molecule has 2 N–H and O–H groups in total. The highest BCUT2D eigenvalue weighted by molar-refractivity contribution is 7.84. The Hall–Kier alpha value is -1.46. The van der Waals surface area contributed by atoms with E-state index >= 15 is 0 Å². The summed E-state index contributed by atoms with van der Waals surface area (Å²) in [5, 5.41) is 0.362. The van der Waals surface area contributed by atoms with E-state index < -0.39 is 22.4 Å². The lowest BCUT2D eigenvalue weighted by atomic mass is 10.2. The molecule has 100 valence electrons. The summed E-state index contributed by atoms with van der Waals surface area (Å²) in [5.41, 5.74) is 5.91. The minimum absolute atomic E-state index is 0.0672. The van der Waals surface area contributed by atoms with Gasteiger partial charge in [-0.3, -0.25) is 4.21 Å². The summed E-state index contributed by atoms with van der Waals surface area (Å²) in [5.74, 6) is -1.06.